The van der Waals surface area contributed by atoms with Crippen molar-refractivity contribution in [1.82, 2.24) is 24.3 Å². The molecule has 10 heteroatoms. The molecule has 7 nitrogen and oxygen atoms in total. The van der Waals surface area contributed by atoms with Crippen LogP contribution in [0.2, 0.25) is 0 Å². The quantitative estimate of drug-likeness (QED) is 0.799. The number of hydrogen-bond acceptors (Lipinski definition) is 4. The Labute approximate surface area is 127 Å². The van der Waals surface area contributed by atoms with E-state index in [0.717, 1.165) is 4.57 Å². The molecule has 3 heterocycles. The van der Waals surface area contributed by atoms with E-state index in [1.165, 1.54) is 29.2 Å². The number of nitrogens with zero attached hydrogens (tertiary/aromatic N) is 5. The van der Waals surface area contributed by atoms with E-state index in [1.807, 2.05) is 0 Å². The summed E-state index contributed by atoms with van der Waals surface area (Å²) in [6.07, 6.45) is -1.70. The Bertz CT molecular complexity index is 866. The summed E-state index contributed by atoms with van der Waals surface area (Å²) >= 11 is 0. The van der Waals surface area contributed by atoms with Crippen molar-refractivity contribution in [2.45, 2.75) is 12.7 Å². The molecule has 0 unspecified atom stereocenters. The lowest BCUT2D eigenvalue weighted by atomic mass is 10.4. The third kappa shape index (κ3) is 3.00. The van der Waals surface area contributed by atoms with Crippen LogP contribution in [0.4, 0.5) is 19.1 Å². The number of aryl methyl sites for hydroxylation is 1. The summed E-state index contributed by atoms with van der Waals surface area (Å²) < 4.78 is 40.5. The summed E-state index contributed by atoms with van der Waals surface area (Å²) in [6.45, 7) is -1.30. The maximum absolute atomic E-state index is 12.8. The SMILES string of the molecule is Cn1nccc1C(=O)Nc1nc2cccnc2n1CC(F)(F)F. The standard InChI is InChI=1S/C13H11F3N6O/c1-21-9(4-6-18-21)11(23)20-12-19-8-3-2-5-17-10(8)22(12)7-13(14,15)16/h2-6H,7H2,1H3,(H,19,20,23). The van der Waals surface area contributed by atoms with Crippen LogP contribution < -0.4 is 5.32 Å². The molecule has 0 fully saturated rings. The molecule has 0 saturated carbocycles. The summed E-state index contributed by atoms with van der Waals surface area (Å²) in [6, 6.07) is 4.53. The molecule has 0 aliphatic carbocycles. The average Bonchev–Trinajstić information content (AvgIpc) is 3.02. The average molecular weight is 324 g/mol. The van der Waals surface area contributed by atoms with Crippen molar-refractivity contribution in [1.29, 1.82) is 0 Å². The number of rotatable bonds is 3. The largest absolute Gasteiger partial charge is 0.406 e. The van der Waals surface area contributed by atoms with E-state index in [0.29, 0.717) is 0 Å². The Balaban J connectivity index is 2.01. The smallest absolute Gasteiger partial charge is 0.290 e. The number of amides is 1. The molecule has 120 valence electrons. The highest BCUT2D eigenvalue weighted by Gasteiger charge is 2.31. The first-order valence-electron chi connectivity index (χ1n) is 6.52. The highest BCUT2D eigenvalue weighted by atomic mass is 19.4. The zero-order valence-electron chi connectivity index (χ0n) is 11.9. The van der Waals surface area contributed by atoms with Crippen molar-refractivity contribution in [3.05, 3.63) is 36.3 Å². The maximum atomic E-state index is 12.8. The molecule has 23 heavy (non-hydrogen) atoms. The highest BCUT2D eigenvalue weighted by molar-refractivity contribution is 6.02. The molecule has 3 rings (SSSR count). The topological polar surface area (TPSA) is 77.6 Å². The fourth-order valence-corrected chi connectivity index (χ4v) is 2.15. The van der Waals surface area contributed by atoms with Crippen LogP contribution in [0.5, 0.6) is 0 Å². The first-order chi connectivity index (χ1) is 10.8. The van der Waals surface area contributed by atoms with E-state index in [2.05, 4.69) is 20.4 Å². The van der Waals surface area contributed by atoms with Gasteiger partial charge in [0.2, 0.25) is 5.95 Å². The number of alkyl halides is 3. The van der Waals surface area contributed by atoms with Gasteiger partial charge in [0, 0.05) is 19.4 Å². The lowest BCUT2D eigenvalue weighted by Gasteiger charge is -2.11. The molecular formula is C13H11F3N6O. The second kappa shape index (κ2) is 5.38. The molecule has 0 spiro atoms. The van der Waals surface area contributed by atoms with Crippen LogP contribution in [0.25, 0.3) is 11.2 Å². The van der Waals surface area contributed by atoms with Gasteiger partial charge < -0.3 is 0 Å². The van der Waals surface area contributed by atoms with E-state index in [4.69, 9.17) is 0 Å². The van der Waals surface area contributed by atoms with Gasteiger partial charge in [0.25, 0.3) is 5.91 Å². The molecule has 1 N–H and O–H groups in total. The molecule has 0 aliphatic rings. The highest BCUT2D eigenvalue weighted by Crippen LogP contribution is 2.25. The van der Waals surface area contributed by atoms with Crippen molar-refractivity contribution in [3.63, 3.8) is 0 Å². The molecule has 0 atom stereocenters. The van der Waals surface area contributed by atoms with Crippen molar-refractivity contribution in [3.8, 4) is 0 Å². The van der Waals surface area contributed by atoms with Crippen molar-refractivity contribution < 1.29 is 18.0 Å². The van der Waals surface area contributed by atoms with Gasteiger partial charge in [-0.05, 0) is 18.2 Å². The van der Waals surface area contributed by atoms with Gasteiger partial charge in [-0.2, -0.15) is 18.3 Å². The van der Waals surface area contributed by atoms with Crippen molar-refractivity contribution >= 4 is 23.0 Å². The number of imidazole rings is 1. The van der Waals surface area contributed by atoms with Crippen LogP contribution in [-0.2, 0) is 13.6 Å². The Kier molecular flexibility index (Phi) is 3.51. The second-order valence-corrected chi connectivity index (χ2v) is 4.78. The minimum Gasteiger partial charge on any atom is -0.290 e. The Morgan fingerprint density at radius 2 is 2.09 bits per heavy atom. The first kappa shape index (κ1) is 15.0. The monoisotopic (exact) mass is 324 g/mol. The number of aromatic nitrogens is 5. The van der Waals surface area contributed by atoms with Crippen LogP contribution in [0.15, 0.2) is 30.6 Å². The van der Waals surface area contributed by atoms with Gasteiger partial charge in [-0.1, -0.05) is 0 Å². The molecular weight excluding hydrogens is 313 g/mol. The zero-order chi connectivity index (χ0) is 16.6. The number of pyridine rings is 1. The van der Waals surface area contributed by atoms with E-state index in [9.17, 15) is 18.0 Å². The summed E-state index contributed by atoms with van der Waals surface area (Å²) in [5, 5.41) is 6.22. The predicted molar refractivity (Wildman–Crippen MR) is 74.7 cm³/mol. The normalized spacial score (nSPS) is 11.8. The van der Waals surface area contributed by atoms with Crippen LogP contribution in [-0.4, -0.2) is 36.4 Å². The molecule has 0 aliphatic heterocycles. The number of anilines is 1. The Morgan fingerprint density at radius 3 is 2.74 bits per heavy atom. The van der Waals surface area contributed by atoms with Crippen LogP contribution in [0, 0.1) is 0 Å². The lowest BCUT2D eigenvalue weighted by molar-refractivity contribution is -0.139. The van der Waals surface area contributed by atoms with Gasteiger partial charge in [-0.15, -0.1) is 0 Å². The van der Waals surface area contributed by atoms with E-state index >= 15 is 0 Å². The number of nitrogens with one attached hydrogen (secondary N) is 1. The minimum atomic E-state index is -4.48. The molecule has 3 aromatic rings. The summed E-state index contributed by atoms with van der Waals surface area (Å²) in [7, 11) is 1.55. The van der Waals surface area contributed by atoms with Crippen LogP contribution >= 0.6 is 0 Å². The van der Waals surface area contributed by atoms with Gasteiger partial charge in [-0.3, -0.25) is 19.4 Å². The van der Waals surface area contributed by atoms with E-state index in [-0.39, 0.29) is 22.8 Å². The minimum absolute atomic E-state index is 0.0464. The number of carbonyl (C=O) groups excluding carboxylic acids is 1. The molecule has 0 radical (unpaired) electrons. The van der Waals surface area contributed by atoms with Crippen LogP contribution in [0.1, 0.15) is 10.5 Å². The zero-order valence-corrected chi connectivity index (χ0v) is 11.9. The summed E-state index contributed by atoms with van der Waals surface area (Å²) in [4.78, 5) is 20.1. The molecule has 3 aromatic heterocycles. The molecule has 0 aromatic carbocycles. The number of fused-ring (bicyclic) bond motifs is 1. The molecule has 0 bridgehead atoms. The van der Waals surface area contributed by atoms with E-state index < -0.39 is 18.6 Å². The first-order valence-corrected chi connectivity index (χ1v) is 6.52. The van der Waals surface area contributed by atoms with Gasteiger partial charge in [-0.25, -0.2) is 9.97 Å². The number of halogens is 3. The molecule has 1 amide bonds. The van der Waals surface area contributed by atoms with Crippen LogP contribution in [0.3, 0.4) is 0 Å². The third-order valence-electron chi connectivity index (χ3n) is 3.12. The number of hydrogen-bond donors (Lipinski definition) is 1. The fraction of sp³-hybridized carbons (Fsp3) is 0.231. The Hall–Kier alpha value is -2.91. The fourth-order valence-electron chi connectivity index (χ4n) is 2.15. The van der Waals surface area contributed by atoms with Gasteiger partial charge in [0.15, 0.2) is 5.65 Å². The van der Waals surface area contributed by atoms with Gasteiger partial charge in [0.05, 0.1) is 0 Å². The molecule has 0 saturated heterocycles. The third-order valence-corrected chi connectivity index (χ3v) is 3.12. The van der Waals surface area contributed by atoms with E-state index in [1.54, 1.807) is 13.1 Å². The van der Waals surface area contributed by atoms with Crippen molar-refractivity contribution in [2.24, 2.45) is 7.05 Å². The van der Waals surface area contributed by atoms with Crippen molar-refractivity contribution in [2.75, 3.05) is 5.32 Å². The summed E-state index contributed by atoms with van der Waals surface area (Å²) in [5.41, 5.74) is 0.505. The van der Waals surface area contributed by atoms with Gasteiger partial charge in [0.1, 0.15) is 17.8 Å². The predicted octanol–water partition coefficient (Wildman–Crippen LogP) is 1.98. The number of carbonyl (C=O) groups is 1. The van der Waals surface area contributed by atoms with Gasteiger partial charge >= 0.3 is 6.18 Å². The summed E-state index contributed by atoms with van der Waals surface area (Å²) in [5.74, 6) is -0.828. The maximum Gasteiger partial charge on any atom is 0.406 e. The lowest BCUT2D eigenvalue weighted by Crippen LogP contribution is -2.23. The Morgan fingerprint density at radius 1 is 1.30 bits per heavy atom. The second-order valence-electron chi connectivity index (χ2n) is 4.78.